The monoisotopic (exact) mass is 236 g/mol. The van der Waals surface area contributed by atoms with E-state index < -0.39 is 0 Å². The normalized spacial score (nSPS) is 10.8. The van der Waals surface area contributed by atoms with Gasteiger partial charge in [0.2, 0.25) is 0 Å². The molecule has 0 bridgehead atoms. The van der Waals surface area contributed by atoms with Crippen molar-refractivity contribution in [3.8, 4) is 0 Å². The van der Waals surface area contributed by atoms with Crippen LogP contribution in [0.4, 0.5) is 5.69 Å². The maximum atomic E-state index is 10.8. The van der Waals surface area contributed by atoms with E-state index in [0.29, 0.717) is 12.5 Å². The average Bonchev–Trinajstić information content (AvgIpc) is 2.28. The summed E-state index contributed by atoms with van der Waals surface area (Å²) in [5.74, 6) is 0.711. The molecule has 1 aromatic rings. The first-order valence-corrected chi connectivity index (χ1v) is 6.04. The Labute approximate surface area is 102 Å². The van der Waals surface area contributed by atoms with E-state index in [1.54, 1.807) is 18.2 Å². The molecule has 0 heterocycles. The maximum absolute atomic E-state index is 10.8. The van der Waals surface area contributed by atoms with Crippen LogP contribution in [0.5, 0.6) is 0 Å². The Morgan fingerprint density at radius 1 is 1.35 bits per heavy atom. The maximum Gasteiger partial charge on any atom is 0.273 e. The van der Waals surface area contributed by atoms with Crippen molar-refractivity contribution in [1.82, 2.24) is 5.32 Å². The second kappa shape index (κ2) is 7.01. The van der Waals surface area contributed by atoms with Crippen molar-refractivity contribution in [1.29, 1.82) is 0 Å². The minimum atomic E-state index is -0.328. The lowest BCUT2D eigenvalue weighted by molar-refractivity contribution is -0.385. The van der Waals surface area contributed by atoms with Crippen LogP contribution in [0.3, 0.4) is 0 Å². The summed E-state index contributed by atoms with van der Waals surface area (Å²) in [4.78, 5) is 10.4. The summed E-state index contributed by atoms with van der Waals surface area (Å²) in [5.41, 5.74) is 0.950. The Hall–Kier alpha value is -1.42. The van der Waals surface area contributed by atoms with Crippen LogP contribution in [0, 0.1) is 16.0 Å². The van der Waals surface area contributed by atoms with Gasteiger partial charge in [-0.3, -0.25) is 10.1 Å². The van der Waals surface area contributed by atoms with Gasteiger partial charge in [0.05, 0.1) is 4.92 Å². The van der Waals surface area contributed by atoms with Gasteiger partial charge in [-0.15, -0.1) is 0 Å². The minimum Gasteiger partial charge on any atom is -0.312 e. The fraction of sp³-hybridized carbons (Fsp3) is 0.538. The molecule has 1 rings (SSSR count). The first-order chi connectivity index (χ1) is 8.11. The van der Waals surface area contributed by atoms with Crippen LogP contribution in [-0.2, 0) is 6.54 Å². The molecule has 4 nitrogen and oxygen atoms in total. The highest BCUT2D eigenvalue weighted by molar-refractivity contribution is 5.39. The molecule has 0 saturated carbocycles. The number of rotatable bonds is 7. The number of nitro benzene ring substituents is 1. The standard InChI is InChI=1S/C13H20N2O2/c1-11(2)6-5-9-14-10-12-7-3-4-8-13(12)15(16)17/h3-4,7-8,11,14H,5-6,9-10H2,1-2H3. The summed E-state index contributed by atoms with van der Waals surface area (Å²) in [6, 6.07) is 6.87. The molecule has 0 radical (unpaired) electrons. The fourth-order valence-corrected chi connectivity index (χ4v) is 1.70. The quantitative estimate of drug-likeness (QED) is 0.449. The Balaban J connectivity index is 2.39. The number of nitrogens with zero attached hydrogens (tertiary/aromatic N) is 1. The predicted molar refractivity (Wildman–Crippen MR) is 68.9 cm³/mol. The molecule has 0 aliphatic carbocycles. The average molecular weight is 236 g/mol. The molecule has 0 spiro atoms. The van der Waals surface area contributed by atoms with Gasteiger partial charge >= 0.3 is 0 Å². The van der Waals surface area contributed by atoms with E-state index in [2.05, 4.69) is 19.2 Å². The van der Waals surface area contributed by atoms with E-state index in [4.69, 9.17) is 0 Å². The van der Waals surface area contributed by atoms with Gasteiger partial charge in [0.15, 0.2) is 0 Å². The van der Waals surface area contributed by atoms with Crippen molar-refractivity contribution in [2.24, 2.45) is 5.92 Å². The van der Waals surface area contributed by atoms with Crippen molar-refractivity contribution in [3.63, 3.8) is 0 Å². The number of hydrogen-bond acceptors (Lipinski definition) is 3. The van der Waals surface area contributed by atoms with E-state index >= 15 is 0 Å². The number of para-hydroxylation sites is 1. The van der Waals surface area contributed by atoms with Gasteiger partial charge in [0, 0.05) is 18.2 Å². The number of benzene rings is 1. The van der Waals surface area contributed by atoms with E-state index in [1.807, 2.05) is 6.07 Å². The van der Waals surface area contributed by atoms with Gasteiger partial charge in [-0.25, -0.2) is 0 Å². The van der Waals surface area contributed by atoms with E-state index in [-0.39, 0.29) is 10.6 Å². The van der Waals surface area contributed by atoms with Crippen molar-refractivity contribution in [3.05, 3.63) is 39.9 Å². The molecule has 17 heavy (non-hydrogen) atoms. The number of hydrogen-bond donors (Lipinski definition) is 1. The van der Waals surface area contributed by atoms with E-state index in [9.17, 15) is 10.1 Å². The molecular formula is C13H20N2O2. The summed E-state index contributed by atoms with van der Waals surface area (Å²) in [6.45, 7) is 5.86. The molecule has 1 N–H and O–H groups in total. The topological polar surface area (TPSA) is 55.2 Å². The zero-order valence-electron chi connectivity index (χ0n) is 10.5. The second-order valence-corrected chi connectivity index (χ2v) is 4.60. The summed E-state index contributed by atoms with van der Waals surface area (Å²) in [6.07, 6.45) is 2.29. The van der Waals surface area contributed by atoms with Crippen LogP contribution in [0.1, 0.15) is 32.3 Å². The molecule has 0 aliphatic rings. The van der Waals surface area contributed by atoms with Crippen LogP contribution < -0.4 is 5.32 Å². The number of nitro groups is 1. The lowest BCUT2D eigenvalue weighted by Gasteiger charge is -2.07. The molecule has 0 aliphatic heterocycles. The van der Waals surface area contributed by atoms with Gasteiger partial charge in [-0.2, -0.15) is 0 Å². The van der Waals surface area contributed by atoms with Gasteiger partial charge < -0.3 is 5.32 Å². The SMILES string of the molecule is CC(C)CCCNCc1ccccc1[N+](=O)[O-]. The lowest BCUT2D eigenvalue weighted by atomic mass is 10.1. The molecule has 1 aromatic carbocycles. The third-order valence-corrected chi connectivity index (χ3v) is 2.64. The summed E-state index contributed by atoms with van der Waals surface area (Å²) in [7, 11) is 0. The highest BCUT2D eigenvalue weighted by Gasteiger charge is 2.10. The van der Waals surface area contributed by atoms with Gasteiger partial charge in [-0.1, -0.05) is 32.0 Å². The third kappa shape index (κ3) is 4.95. The van der Waals surface area contributed by atoms with Crippen LogP contribution in [0.15, 0.2) is 24.3 Å². The summed E-state index contributed by atoms with van der Waals surface area (Å²) >= 11 is 0. The van der Waals surface area contributed by atoms with Crippen molar-refractivity contribution < 1.29 is 4.92 Å². The second-order valence-electron chi connectivity index (χ2n) is 4.60. The summed E-state index contributed by atoms with van der Waals surface area (Å²) < 4.78 is 0. The molecule has 0 atom stereocenters. The molecule has 0 aromatic heterocycles. The first-order valence-electron chi connectivity index (χ1n) is 6.04. The minimum absolute atomic E-state index is 0.198. The molecular weight excluding hydrogens is 216 g/mol. The molecule has 94 valence electrons. The zero-order chi connectivity index (χ0) is 12.7. The van der Waals surface area contributed by atoms with Crippen LogP contribution in [0.2, 0.25) is 0 Å². The molecule has 0 amide bonds. The fourth-order valence-electron chi connectivity index (χ4n) is 1.70. The Morgan fingerprint density at radius 3 is 2.71 bits per heavy atom. The molecule has 0 unspecified atom stereocenters. The van der Waals surface area contributed by atoms with Crippen LogP contribution in [-0.4, -0.2) is 11.5 Å². The van der Waals surface area contributed by atoms with Crippen molar-refractivity contribution in [2.45, 2.75) is 33.2 Å². The predicted octanol–water partition coefficient (Wildman–Crippen LogP) is 3.12. The number of nitrogens with one attached hydrogen (secondary N) is 1. The lowest BCUT2D eigenvalue weighted by Crippen LogP contribution is -2.16. The van der Waals surface area contributed by atoms with Crippen molar-refractivity contribution >= 4 is 5.69 Å². The van der Waals surface area contributed by atoms with Gasteiger partial charge in [0.1, 0.15) is 0 Å². The summed E-state index contributed by atoms with van der Waals surface area (Å²) in [5, 5.41) is 14.0. The highest BCUT2D eigenvalue weighted by Crippen LogP contribution is 2.17. The third-order valence-electron chi connectivity index (χ3n) is 2.64. The molecule has 4 heteroatoms. The zero-order valence-corrected chi connectivity index (χ0v) is 10.5. The van der Waals surface area contributed by atoms with Crippen LogP contribution >= 0.6 is 0 Å². The van der Waals surface area contributed by atoms with Gasteiger partial charge in [-0.05, 0) is 25.3 Å². The van der Waals surface area contributed by atoms with Crippen molar-refractivity contribution in [2.75, 3.05) is 6.54 Å². The van der Waals surface area contributed by atoms with Crippen LogP contribution in [0.25, 0.3) is 0 Å². The van der Waals surface area contributed by atoms with E-state index in [0.717, 1.165) is 18.5 Å². The largest absolute Gasteiger partial charge is 0.312 e. The molecule has 0 fully saturated rings. The first kappa shape index (κ1) is 13.6. The highest BCUT2D eigenvalue weighted by atomic mass is 16.6. The van der Waals surface area contributed by atoms with Gasteiger partial charge in [0.25, 0.3) is 5.69 Å². The Kier molecular flexibility index (Phi) is 5.63. The van der Waals surface area contributed by atoms with E-state index in [1.165, 1.54) is 6.42 Å². The Morgan fingerprint density at radius 2 is 2.06 bits per heavy atom. The smallest absolute Gasteiger partial charge is 0.273 e. The Bertz CT molecular complexity index is 364. The molecule has 0 saturated heterocycles.